The van der Waals surface area contributed by atoms with Gasteiger partial charge >= 0.3 is 0 Å². The topological polar surface area (TPSA) is 207 Å². The van der Waals surface area contributed by atoms with Crippen molar-refractivity contribution < 1.29 is 19.2 Å². The van der Waals surface area contributed by atoms with Crippen molar-refractivity contribution in [2.75, 3.05) is 6.54 Å². The van der Waals surface area contributed by atoms with Gasteiger partial charge in [-0.1, -0.05) is 102 Å². The highest BCUT2D eigenvalue weighted by atomic mass is 16.2. The molecular weight excluding hydrogens is 688 g/mol. The van der Waals surface area contributed by atoms with Crippen LogP contribution in [0.4, 0.5) is 0 Å². The van der Waals surface area contributed by atoms with Crippen LogP contribution in [0.3, 0.4) is 0 Å². The number of carbonyl (C=O) groups is 4. The first kappa shape index (κ1) is 40.1. The number of hydrogen-bond acceptors (Lipinski definition) is 8. The summed E-state index contributed by atoms with van der Waals surface area (Å²) in [4.78, 5) is 90.6. The van der Waals surface area contributed by atoms with E-state index in [1.165, 1.54) is 19.3 Å². The van der Waals surface area contributed by atoms with Crippen LogP contribution in [-0.4, -0.2) is 65.4 Å². The van der Waals surface area contributed by atoms with Crippen molar-refractivity contribution >= 4 is 42.2 Å². The van der Waals surface area contributed by atoms with Gasteiger partial charge in [-0.3, -0.25) is 33.7 Å². The lowest BCUT2D eigenvalue weighted by atomic mass is 9.90. The molecular formula is C40H44N8O6. The molecule has 0 radical (unpaired) electrons. The Morgan fingerprint density at radius 1 is 0.685 bits per heavy atom. The molecule has 0 unspecified atom stereocenters. The van der Waals surface area contributed by atoms with Gasteiger partial charge in [-0.05, 0) is 23.8 Å². The number of piperazine rings is 1. The number of amides is 3. The molecule has 1 saturated heterocycles. The Balaban J connectivity index is 0.000000202. The number of aromatic nitrogens is 6. The number of hydrogen-bond donors (Lipinski definition) is 5. The maximum atomic E-state index is 12.4. The first-order chi connectivity index (χ1) is 25.5. The van der Waals surface area contributed by atoms with E-state index in [0.717, 1.165) is 33.7 Å². The largest absolute Gasteiger partial charge is 0.348 e. The molecule has 6 rings (SSSR count). The number of imidazole rings is 2. The Morgan fingerprint density at radius 3 is 1.59 bits per heavy atom. The summed E-state index contributed by atoms with van der Waals surface area (Å²) in [5.41, 5.74) is 3.48. The van der Waals surface area contributed by atoms with Gasteiger partial charge < -0.3 is 25.3 Å². The maximum Gasteiger partial charge on any atom is 0.277 e. The highest BCUT2D eigenvalue weighted by molar-refractivity contribution is 6.12. The number of aldehydes is 1. The van der Waals surface area contributed by atoms with Crippen LogP contribution in [0.5, 0.6) is 0 Å². The molecule has 5 N–H and O–H groups in total. The third-order valence-electron chi connectivity index (χ3n) is 7.86. The second kappa shape index (κ2) is 17.2. The van der Waals surface area contributed by atoms with Crippen molar-refractivity contribution in [3.05, 3.63) is 144 Å². The van der Waals surface area contributed by atoms with Gasteiger partial charge in [0.15, 0.2) is 0 Å². The first-order valence-electron chi connectivity index (χ1n) is 17.0. The van der Waals surface area contributed by atoms with Crippen molar-refractivity contribution in [3.8, 4) is 0 Å². The lowest BCUT2D eigenvalue weighted by Crippen LogP contribution is -2.51. The van der Waals surface area contributed by atoms with Crippen LogP contribution in [0, 0.1) is 0 Å². The molecule has 2 aromatic carbocycles. The minimum Gasteiger partial charge on any atom is -0.348 e. The van der Waals surface area contributed by atoms with Crippen LogP contribution in [0.25, 0.3) is 18.2 Å². The second-order valence-electron chi connectivity index (χ2n) is 14.3. The number of rotatable bonds is 4. The summed E-state index contributed by atoms with van der Waals surface area (Å²) in [6.45, 7) is 13.2. The fourth-order valence-electron chi connectivity index (χ4n) is 5.20. The fraction of sp³-hybridized carbons (Fsp3) is 0.250. The summed E-state index contributed by atoms with van der Waals surface area (Å²) in [6, 6.07) is 18.4. The van der Waals surface area contributed by atoms with E-state index in [4.69, 9.17) is 0 Å². The molecule has 5 aromatic rings. The van der Waals surface area contributed by atoms with E-state index in [9.17, 15) is 28.8 Å². The number of H-pyrrole nitrogens is 4. The van der Waals surface area contributed by atoms with Gasteiger partial charge in [-0.25, -0.2) is 9.97 Å². The zero-order valence-corrected chi connectivity index (χ0v) is 31.2. The van der Waals surface area contributed by atoms with Crippen molar-refractivity contribution in [2.24, 2.45) is 0 Å². The van der Waals surface area contributed by atoms with Crippen LogP contribution in [0.15, 0.2) is 88.6 Å². The average molecular weight is 733 g/mol. The van der Waals surface area contributed by atoms with Gasteiger partial charge in [-0.2, -0.15) is 0 Å². The molecule has 0 spiro atoms. The Morgan fingerprint density at radius 2 is 1.15 bits per heavy atom. The zero-order chi connectivity index (χ0) is 39.6. The minimum atomic E-state index is -0.523. The van der Waals surface area contributed by atoms with E-state index in [0.29, 0.717) is 11.4 Å². The van der Waals surface area contributed by atoms with Crippen molar-refractivity contribution in [1.29, 1.82) is 0 Å². The molecule has 1 aliphatic rings. The third-order valence-corrected chi connectivity index (χ3v) is 7.86. The van der Waals surface area contributed by atoms with E-state index in [1.54, 1.807) is 30.6 Å². The number of aromatic amines is 4. The summed E-state index contributed by atoms with van der Waals surface area (Å²) in [5.74, 6) is -1.38. The number of nitrogens with one attached hydrogen (secondary N) is 5. The van der Waals surface area contributed by atoms with E-state index in [1.807, 2.05) is 90.1 Å². The predicted molar refractivity (Wildman–Crippen MR) is 205 cm³/mol. The van der Waals surface area contributed by atoms with Gasteiger partial charge in [0, 0.05) is 34.7 Å². The quantitative estimate of drug-likeness (QED) is 0.137. The Labute approximate surface area is 311 Å². The molecule has 14 heteroatoms. The molecule has 0 saturated carbocycles. The molecule has 280 valence electrons. The highest BCUT2D eigenvalue weighted by Gasteiger charge is 2.31. The van der Waals surface area contributed by atoms with E-state index in [-0.39, 0.29) is 44.9 Å². The Bertz CT molecular complexity index is 2390. The number of nitrogens with zero attached hydrogens (tertiary/aromatic N) is 3. The number of carbonyl (C=O) groups excluding carboxylic acids is 4. The van der Waals surface area contributed by atoms with Gasteiger partial charge in [0.25, 0.3) is 17.0 Å². The summed E-state index contributed by atoms with van der Waals surface area (Å²) < 4.78 is 0. The van der Waals surface area contributed by atoms with E-state index < -0.39 is 17.7 Å². The standard InChI is InChI=1S/C19H20N4O2.C14H18N4O3.C7H6O/c1-19(2,3)16-13(20-11-21-16)10-15-18(25)22-14(17(24)23-15)9-12-7-5-4-6-8-12;1-8(19)18-6-11(20)17-10(13(18)21)5-9-12(14(2,3)4)16-7-15-9;8-6-7-4-2-1-3-5-7/h4-11H,1-3H3,(H,20,21)(H,22,25)(H,23,24);5,7H,6H2,1-4H3,(H,15,16)(H,17,20);1-6H/b14-9-,15-10-;10-5-;. The smallest absolute Gasteiger partial charge is 0.277 e. The number of benzene rings is 2. The van der Waals surface area contributed by atoms with E-state index in [2.05, 4.69) is 35.2 Å². The first-order valence-corrected chi connectivity index (χ1v) is 17.0. The van der Waals surface area contributed by atoms with Gasteiger partial charge in [0.05, 0.1) is 24.0 Å². The molecule has 3 aromatic heterocycles. The maximum absolute atomic E-state index is 12.4. The van der Waals surface area contributed by atoms with Gasteiger partial charge in [0.2, 0.25) is 11.8 Å². The summed E-state index contributed by atoms with van der Waals surface area (Å²) in [6.07, 6.45) is 8.66. The Hall–Kier alpha value is -6.70. The predicted octanol–water partition coefficient (Wildman–Crippen LogP) is 2.79. The van der Waals surface area contributed by atoms with E-state index >= 15 is 0 Å². The van der Waals surface area contributed by atoms with Crippen molar-refractivity contribution in [3.63, 3.8) is 0 Å². The van der Waals surface area contributed by atoms with Crippen molar-refractivity contribution in [2.45, 2.75) is 59.3 Å². The number of imide groups is 1. The Kier molecular flexibility index (Phi) is 12.8. The van der Waals surface area contributed by atoms with Crippen LogP contribution in [-0.2, 0) is 25.2 Å². The minimum absolute atomic E-state index is 0.0547. The zero-order valence-electron chi connectivity index (χ0n) is 31.2. The molecule has 4 heterocycles. The fourth-order valence-corrected chi connectivity index (χ4v) is 5.20. The third kappa shape index (κ3) is 10.7. The molecule has 14 nitrogen and oxygen atoms in total. The van der Waals surface area contributed by atoms with Crippen molar-refractivity contribution in [1.82, 2.24) is 40.1 Å². The summed E-state index contributed by atoms with van der Waals surface area (Å²) in [7, 11) is 0. The second-order valence-corrected chi connectivity index (χ2v) is 14.3. The molecule has 0 atom stereocenters. The van der Waals surface area contributed by atoms with Gasteiger partial charge in [0.1, 0.15) is 29.2 Å². The van der Waals surface area contributed by atoms with Crippen LogP contribution < -0.4 is 27.1 Å². The molecule has 54 heavy (non-hydrogen) atoms. The molecule has 1 fully saturated rings. The summed E-state index contributed by atoms with van der Waals surface area (Å²) >= 11 is 0. The molecule has 3 amide bonds. The van der Waals surface area contributed by atoms with Crippen LogP contribution in [0.1, 0.15) is 87.2 Å². The SMILES string of the molecule is CC(=O)N1CC(=O)N/C(=C\c2nc[nH]c2C(C)(C)C)C1=O.CC(C)(C)c1[nH]cnc1/C=c1\[nH]c(=O)/c(=C/c2ccccc2)[nH]c1=O.O=Cc1ccccc1. The molecule has 0 aliphatic carbocycles. The lowest BCUT2D eigenvalue weighted by Gasteiger charge is -2.25. The van der Waals surface area contributed by atoms with Crippen LogP contribution in [0.2, 0.25) is 0 Å². The molecule has 0 bridgehead atoms. The lowest BCUT2D eigenvalue weighted by molar-refractivity contribution is -0.147. The highest BCUT2D eigenvalue weighted by Crippen LogP contribution is 2.25. The monoisotopic (exact) mass is 732 g/mol. The summed E-state index contributed by atoms with van der Waals surface area (Å²) in [5, 5.41) is 2.88. The van der Waals surface area contributed by atoms with Crippen LogP contribution >= 0.6 is 0 Å². The van der Waals surface area contributed by atoms with Gasteiger partial charge in [-0.15, -0.1) is 0 Å². The molecule has 1 aliphatic heterocycles. The normalized spacial score (nSPS) is 14.5. The average Bonchev–Trinajstić information content (AvgIpc) is 3.80.